The number of hydrogen-bond acceptors (Lipinski definition) is 4. The minimum absolute atomic E-state index is 0.204. The number of nitrogens with one attached hydrogen (secondary N) is 1. The zero-order valence-corrected chi connectivity index (χ0v) is 12.7. The van der Waals surface area contributed by atoms with Gasteiger partial charge in [0.05, 0.1) is 12.3 Å². The molecule has 0 aliphatic heterocycles. The minimum atomic E-state index is -0.314. The first-order valence-corrected chi connectivity index (χ1v) is 7.35. The fourth-order valence-electron chi connectivity index (χ4n) is 2.41. The summed E-state index contributed by atoms with van der Waals surface area (Å²) >= 11 is 0. The largest absolute Gasteiger partial charge is 0.508 e. The molecule has 6 heteroatoms. The molecule has 2 N–H and O–H groups in total. The minimum Gasteiger partial charge on any atom is -0.508 e. The molecule has 0 radical (unpaired) electrons. The van der Waals surface area contributed by atoms with E-state index < -0.39 is 0 Å². The van der Waals surface area contributed by atoms with Crippen LogP contribution in [0.15, 0.2) is 53.3 Å². The normalized spacial score (nSPS) is 10.7. The van der Waals surface area contributed by atoms with Gasteiger partial charge in [-0.1, -0.05) is 24.3 Å². The van der Waals surface area contributed by atoms with E-state index in [0.717, 1.165) is 5.56 Å². The Kier molecular flexibility index (Phi) is 4.14. The van der Waals surface area contributed by atoms with Crippen LogP contribution in [0, 0.1) is 0 Å². The summed E-state index contributed by atoms with van der Waals surface area (Å²) in [7, 11) is 0. The van der Waals surface area contributed by atoms with Gasteiger partial charge in [0.2, 0.25) is 0 Å². The number of benzene rings is 2. The van der Waals surface area contributed by atoms with Gasteiger partial charge in [0.25, 0.3) is 0 Å². The Morgan fingerprint density at radius 1 is 1.17 bits per heavy atom. The van der Waals surface area contributed by atoms with E-state index in [0.29, 0.717) is 30.3 Å². The number of para-hydroxylation sites is 2. The lowest BCUT2D eigenvalue weighted by molar-refractivity contribution is 0.338. The van der Waals surface area contributed by atoms with Crippen molar-refractivity contribution in [2.45, 2.75) is 13.3 Å². The Morgan fingerprint density at radius 2 is 1.91 bits per heavy atom. The SMILES string of the molecule is CCOc1ccccc1-n1c(Cc2ccc(O)cc2)n[nH]c1=O. The number of aromatic hydroxyl groups is 1. The molecule has 2 aromatic carbocycles. The van der Waals surface area contributed by atoms with Gasteiger partial charge >= 0.3 is 5.69 Å². The van der Waals surface area contributed by atoms with E-state index in [1.165, 1.54) is 4.57 Å². The van der Waals surface area contributed by atoms with Crippen LogP contribution in [0.5, 0.6) is 11.5 Å². The van der Waals surface area contributed by atoms with E-state index in [-0.39, 0.29) is 11.4 Å². The number of aromatic nitrogens is 3. The smallest absolute Gasteiger partial charge is 0.348 e. The first-order chi connectivity index (χ1) is 11.2. The van der Waals surface area contributed by atoms with Crippen molar-refractivity contribution in [1.82, 2.24) is 14.8 Å². The van der Waals surface area contributed by atoms with Crippen LogP contribution in [0.3, 0.4) is 0 Å². The molecule has 0 bridgehead atoms. The van der Waals surface area contributed by atoms with E-state index in [1.54, 1.807) is 24.3 Å². The molecule has 23 heavy (non-hydrogen) atoms. The van der Waals surface area contributed by atoms with E-state index in [2.05, 4.69) is 10.2 Å². The third-order valence-electron chi connectivity index (χ3n) is 3.45. The topological polar surface area (TPSA) is 80.1 Å². The molecule has 0 spiro atoms. The molecule has 3 aromatic rings. The molecule has 0 saturated heterocycles. The number of aromatic amines is 1. The van der Waals surface area contributed by atoms with Crippen LogP contribution in [-0.2, 0) is 6.42 Å². The molecule has 0 fully saturated rings. The third kappa shape index (κ3) is 3.11. The second-order valence-electron chi connectivity index (χ2n) is 5.02. The van der Waals surface area contributed by atoms with E-state index in [9.17, 15) is 9.90 Å². The van der Waals surface area contributed by atoms with E-state index in [4.69, 9.17) is 4.74 Å². The summed E-state index contributed by atoms with van der Waals surface area (Å²) in [6, 6.07) is 14.2. The zero-order valence-electron chi connectivity index (χ0n) is 12.7. The first-order valence-electron chi connectivity index (χ1n) is 7.35. The molecule has 0 unspecified atom stereocenters. The Balaban J connectivity index is 2.02. The summed E-state index contributed by atoms with van der Waals surface area (Å²) in [6.07, 6.45) is 0.458. The highest BCUT2D eigenvalue weighted by atomic mass is 16.5. The molecule has 0 amide bonds. The number of H-pyrrole nitrogens is 1. The Hall–Kier alpha value is -3.02. The summed E-state index contributed by atoms with van der Waals surface area (Å²) in [5, 5.41) is 16.0. The number of phenolic OH excluding ortho intramolecular Hbond substituents is 1. The van der Waals surface area contributed by atoms with Gasteiger partial charge in [0.15, 0.2) is 0 Å². The predicted octanol–water partition coefficient (Wildman–Crippen LogP) is 2.26. The van der Waals surface area contributed by atoms with Gasteiger partial charge in [0.1, 0.15) is 17.3 Å². The molecular formula is C17H17N3O3. The summed E-state index contributed by atoms with van der Waals surface area (Å²) in [6.45, 7) is 2.41. The van der Waals surface area contributed by atoms with Crippen LogP contribution in [0.25, 0.3) is 5.69 Å². The standard InChI is InChI=1S/C17H17N3O3/c1-2-23-15-6-4-3-5-14(15)20-16(18-19-17(20)22)11-12-7-9-13(21)10-8-12/h3-10,21H,2,11H2,1H3,(H,19,22). The number of rotatable bonds is 5. The maximum absolute atomic E-state index is 12.2. The van der Waals surface area contributed by atoms with Crippen molar-refractivity contribution in [3.63, 3.8) is 0 Å². The van der Waals surface area contributed by atoms with Gasteiger partial charge in [-0.25, -0.2) is 14.5 Å². The average molecular weight is 311 g/mol. The highest BCUT2D eigenvalue weighted by Crippen LogP contribution is 2.23. The van der Waals surface area contributed by atoms with Gasteiger partial charge in [-0.05, 0) is 36.8 Å². The highest BCUT2D eigenvalue weighted by molar-refractivity contribution is 5.47. The zero-order chi connectivity index (χ0) is 16.2. The van der Waals surface area contributed by atoms with Crippen molar-refractivity contribution < 1.29 is 9.84 Å². The van der Waals surface area contributed by atoms with Crippen LogP contribution in [0.2, 0.25) is 0 Å². The Bertz CT molecular complexity index is 850. The fourth-order valence-corrected chi connectivity index (χ4v) is 2.41. The molecular weight excluding hydrogens is 294 g/mol. The summed E-state index contributed by atoms with van der Waals surface area (Å²) in [4.78, 5) is 12.2. The van der Waals surface area contributed by atoms with Crippen molar-refractivity contribution in [1.29, 1.82) is 0 Å². The van der Waals surface area contributed by atoms with Gasteiger partial charge < -0.3 is 9.84 Å². The average Bonchev–Trinajstić information content (AvgIpc) is 2.91. The first kappa shape index (κ1) is 14.9. The molecule has 6 nitrogen and oxygen atoms in total. The molecule has 0 aliphatic rings. The number of phenols is 1. The van der Waals surface area contributed by atoms with Crippen LogP contribution in [0.1, 0.15) is 18.3 Å². The maximum Gasteiger partial charge on any atom is 0.348 e. The second kappa shape index (κ2) is 6.39. The fraction of sp³-hybridized carbons (Fsp3) is 0.176. The van der Waals surface area contributed by atoms with Crippen LogP contribution in [0.4, 0.5) is 0 Å². The lowest BCUT2D eigenvalue weighted by Gasteiger charge is -2.11. The van der Waals surface area contributed by atoms with Crippen molar-refractivity contribution in [2.75, 3.05) is 6.61 Å². The quantitative estimate of drug-likeness (QED) is 0.757. The molecule has 1 heterocycles. The van der Waals surface area contributed by atoms with Crippen molar-refractivity contribution in [3.8, 4) is 17.2 Å². The lowest BCUT2D eigenvalue weighted by Crippen LogP contribution is -2.18. The Labute approximate surface area is 133 Å². The van der Waals surface area contributed by atoms with Crippen molar-refractivity contribution >= 4 is 0 Å². The van der Waals surface area contributed by atoms with E-state index >= 15 is 0 Å². The molecule has 0 atom stereocenters. The van der Waals surface area contributed by atoms with Gasteiger partial charge in [-0.3, -0.25) is 0 Å². The van der Waals surface area contributed by atoms with Crippen LogP contribution >= 0.6 is 0 Å². The number of hydrogen-bond donors (Lipinski definition) is 2. The predicted molar refractivity (Wildman–Crippen MR) is 86.3 cm³/mol. The Morgan fingerprint density at radius 3 is 2.65 bits per heavy atom. The van der Waals surface area contributed by atoms with Gasteiger partial charge in [-0.2, -0.15) is 5.10 Å². The summed E-state index contributed by atoms with van der Waals surface area (Å²) in [5.74, 6) is 1.41. The lowest BCUT2D eigenvalue weighted by atomic mass is 10.1. The second-order valence-corrected chi connectivity index (χ2v) is 5.02. The van der Waals surface area contributed by atoms with Crippen LogP contribution < -0.4 is 10.4 Å². The molecule has 0 saturated carbocycles. The monoisotopic (exact) mass is 311 g/mol. The molecule has 118 valence electrons. The van der Waals surface area contributed by atoms with Crippen molar-refractivity contribution in [3.05, 3.63) is 70.4 Å². The van der Waals surface area contributed by atoms with Gasteiger partial charge in [-0.15, -0.1) is 0 Å². The molecule has 1 aromatic heterocycles. The van der Waals surface area contributed by atoms with E-state index in [1.807, 2.05) is 31.2 Å². The molecule has 3 rings (SSSR count). The molecule has 0 aliphatic carbocycles. The highest BCUT2D eigenvalue weighted by Gasteiger charge is 2.14. The van der Waals surface area contributed by atoms with Gasteiger partial charge in [0, 0.05) is 6.42 Å². The number of nitrogens with zero attached hydrogens (tertiary/aromatic N) is 2. The summed E-state index contributed by atoms with van der Waals surface area (Å²) in [5.41, 5.74) is 1.28. The number of ether oxygens (including phenoxy) is 1. The van der Waals surface area contributed by atoms with Crippen LogP contribution in [-0.4, -0.2) is 26.5 Å². The third-order valence-corrected chi connectivity index (χ3v) is 3.45. The maximum atomic E-state index is 12.2. The summed E-state index contributed by atoms with van der Waals surface area (Å²) < 4.78 is 7.11. The van der Waals surface area contributed by atoms with Crippen molar-refractivity contribution in [2.24, 2.45) is 0 Å².